The second-order valence-corrected chi connectivity index (χ2v) is 10.1. The number of rotatable bonds is 8. The van der Waals surface area contributed by atoms with Gasteiger partial charge in [0.2, 0.25) is 0 Å². The van der Waals surface area contributed by atoms with Crippen molar-refractivity contribution in [2.24, 2.45) is 11.8 Å². The van der Waals surface area contributed by atoms with Gasteiger partial charge in [0.15, 0.2) is 5.60 Å². The number of piperidine rings is 3. The number of ether oxygens (including phenoxy) is 1. The minimum atomic E-state index is -1.37. The van der Waals surface area contributed by atoms with E-state index in [0.717, 1.165) is 74.2 Å². The summed E-state index contributed by atoms with van der Waals surface area (Å²) in [5.41, 5.74) is -1.37. The summed E-state index contributed by atoms with van der Waals surface area (Å²) in [6.45, 7) is 7.50. The molecule has 7 nitrogen and oxygen atoms in total. The summed E-state index contributed by atoms with van der Waals surface area (Å²) in [4.78, 5) is 22.5. The number of aliphatic hydroxyl groups is 1. The second kappa shape index (κ2) is 10.9. The number of carboxylic acid groups (broad SMARTS) is 1. The van der Waals surface area contributed by atoms with Crippen LogP contribution in [0.4, 0.5) is 0 Å². The molecule has 1 aliphatic carbocycles. The molecule has 0 aromatic carbocycles. The summed E-state index contributed by atoms with van der Waals surface area (Å²) in [5, 5.41) is 25.2. The Morgan fingerprint density at radius 3 is 2.61 bits per heavy atom. The number of amides is 1. The minimum absolute atomic E-state index is 0.0355. The van der Waals surface area contributed by atoms with Crippen LogP contribution in [0.1, 0.15) is 50.3 Å². The van der Waals surface area contributed by atoms with Crippen LogP contribution in [0, 0.1) is 11.8 Å². The Kier molecular flexibility index (Phi) is 8.50. The van der Waals surface area contributed by atoms with E-state index in [1.165, 1.54) is 24.4 Å². The molecule has 4 heterocycles. The van der Waals surface area contributed by atoms with Gasteiger partial charge >= 0.3 is 0 Å². The zero-order valence-electron chi connectivity index (χ0n) is 18.5. The van der Waals surface area contributed by atoms with Gasteiger partial charge in [0.05, 0.1) is 32.3 Å². The molecule has 1 saturated carbocycles. The smallest absolute Gasteiger partial charge is 0.258 e. The molecule has 4 fully saturated rings. The number of quaternary nitrogens is 1. The number of hydrogen-bond donors (Lipinski definition) is 2. The lowest BCUT2D eigenvalue weighted by Crippen LogP contribution is -2.69. The van der Waals surface area contributed by atoms with Crippen molar-refractivity contribution in [3.8, 4) is 0 Å². The largest absolute Gasteiger partial charge is 0.554 e. The molecule has 1 amide bonds. The molecule has 1 aromatic heterocycles. The summed E-state index contributed by atoms with van der Waals surface area (Å²) in [5.74, 6) is 0.420. The molecule has 2 bridgehead atoms. The first-order valence-corrected chi connectivity index (χ1v) is 12.4. The van der Waals surface area contributed by atoms with Crippen LogP contribution in [0.5, 0.6) is 0 Å². The van der Waals surface area contributed by atoms with E-state index in [9.17, 15) is 9.90 Å². The van der Waals surface area contributed by atoms with E-state index in [4.69, 9.17) is 14.6 Å². The standard InChI is InChI=1S/C22H34N2O3S.CH2O2/c1-2-27-14-13-24-11-9-17(10-12-24)19(16-24)23-21(25)22(26,18-6-3-4-7-18)20-8-5-15-28-20;2-1-3/h5,8,15,17-19,26H,2-4,6-7,9-14,16H2,1H3;1H,(H,2,3)/t17?,19-,22+,24?;/m0./s1. The van der Waals surface area contributed by atoms with E-state index in [1.807, 2.05) is 24.4 Å². The first-order valence-electron chi connectivity index (χ1n) is 11.5. The number of nitrogens with one attached hydrogen (secondary N) is 1. The van der Waals surface area contributed by atoms with Gasteiger partial charge in [-0.05, 0) is 37.1 Å². The van der Waals surface area contributed by atoms with Crippen molar-refractivity contribution in [3.05, 3.63) is 22.4 Å². The van der Waals surface area contributed by atoms with Crippen LogP contribution < -0.4 is 10.4 Å². The third-order valence-electron chi connectivity index (χ3n) is 7.52. The molecule has 4 aliphatic rings. The highest BCUT2D eigenvalue weighted by atomic mass is 32.1. The van der Waals surface area contributed by atoms with Crippen LogP contribution >= 0.6 is 11.3 Å². The SMILES string of the molecule is CCOCC[N+]12CCC(CC1)[C@@H](NC(=O)[C@](O)(c1cccs1)C1CCCC1)C2.O=C[O-]. The Labute approximate surface area is 189 Å². The van der Waals surface area contributed by atoms with Crippen molar-refractivity contribution in [2.75, 3.05) is 39.4 Å². The zero-order chi connectivity index (χ0) is 22.3. The van der Waals surface area contributed by atoms with Crippen LogP contribution in [0.15, 0.2) is 17.5 Å². The molecular weight excluding hydrogens is 416 g/mol. The van der Waals surface area contributed by atoms with E-state index < -0.39 is 12.1 Å². The fourth-order valence-corrected chi connectivity index (χ4v) is 6.68. The van der Waals surface area contributed by atoms with Crippen LogP contribution in [0.2, 0.25) is 0 Å². The quantitative estimate of drug-likeness (QED) is 0.351. The minimum Gasteiger partial charge on any atom is -0.554 e. The lowest BCUT2D eigenvalue weighted by molar-refractivity contribution is -0.944. The maximum atomic E-state index is 13.5. The van der Waals surface area contributed by atoms with Gasteiger partial charge in [-0.3, -0.25) is 4.79 Å². The van der Waals surface area contributed by atoms with Gasteiger partial charge in [-0.1, -0.05) is 18.9 Å². The average molecular weight is 453 g/mol. The molecule has 0 spiro atoms. The van der Waals surface area contributed by atoms with Crippen LogP contribution in [0.25, 0.3) is 0 Å². The maximum absolute atomic E-state index is 13.5. The Hall–Kier alpha value is -1.48. The Morgan fingerprint density at radius 1 is 1.35 bits per heavy atom. The third kappa shape index (κ3) is 5.30. The van der Waals surface area contributed by atoms with E-state index in [0.29, 0.717) is 5.92 Å². The molecule has 8 heteroatoms. The summed E-state index contributed by atoms with van der Waals surface area (Å²) < 4.78 is 6.68. The molecule has 3 saturated heterocycles. The van der Waals surface area contributed by atoms with E-state index in [2.05, 4.69) is 5.32 Å². The molecule has 1 aromatic rings. The van der Waals surface area contributed by atoms with Gasteiger partial charge in [0.25, 0.3) is 5.91 Å². The van der Waals surface area contributed by atoms with Gasteiger partial charge < -0.3 is 29.5 Å². The topological polar surface area (TPSA) is 98.7 Å². The van der Waals surface area contributed by atoms with Crippen molar-refractivity contribution in [1.82, 2.24) is 5.32 Å². The predicted molar refractivity (Wildman–Crippen MR) is 117 cm³/mol. The zero-order valence-corrected chi connectivity index (χ0v) is 19.3. The summed E-state index contributed by atoms with van der Waals surface area (Å²) in [6, 6.07) is 4.04. The highest BCUT2D eigenvalue weighted by Gasteiger charge is 2.51. The normalized spacial score (nSPS) is 29.6. The molecule has 174 valence electrons. The van der Waals surface area contributed by atoms with Gasteiger partial charge in [0, 0.05) is 36.7 Å². The predicted octanol–water partition coefficient (Wildman–Crippen LogP) is 1.25. The number of thiophene rings is 1. The molecule has 2 atom stereocenters. The van der Waals surface area contributed by atoms with Crippen LogP contribution in [-0.2, 0) is 19.9 Å². The highest BCUT2D eigenvalue weighted by Crippen LogP contribution is 2.43. The average Bonchev–Trinajstić information content (AvgIpc) is 3.49. The monoisotopic (exact) mass is 452 g/mol. The summed E-state index contributed by atoms with van der Waals surface area (Å²) in [6.07, 6.45) is 6.41. The number of nitrogens with zero attached hydrogens (tertiary/aromatic N) is 1. The Balaban J connectivity index is 0.000000858. The van der Waals surface area contributed by atoms with Crippen molar-refractivity contribution in [2.45, 2.75) is 57.1 Å². The van der Waals surface area contributed by atoms with Crippen LogP contribution in [0.3, 0.4) is 0 Å². The molecular formula is C23H36N2O5S. The Morgan fingerprint density at radius 2 is 2.03 bits per heavy atom. The molecule has 5 rings (SSSR count). The summed E-state index contributed by atoms with van der Waals surface area (Å²) in [7, 11) is 0. The highest BCUT2D eigenvalue weighted by molar-refractivity contribution is 7.10. The lowest BCUT2D eigenvalue weighted by atomic mass is 9.79. The van der Waals surface area contributed by atoms with Crippen LogP contribution in [-0.4, -0.2) is 67.4 Å². The van der Waals surface area contributed by atoms with Crippen molar-refractivity contribution in [1.29, 1.82) is 0 Å². The number of fused-ring (bicyclic) bond motifs is 3. The van der Waals surface area contributed by atoms with Gasteiger partial charge in [0.1, 0.15) is 6.54 Å². The Bertz CT molecular complexity index is 699. The number of hydrogen-bond acceptors (Lipinski definition) is 6. The molecule has 3 aliphatic heterocycles. The van der Waals surface area contributed by atoms with E-state index in [1.54, 1.807) is 0 Å². The third-order valence-corrected chi connectivity index (χ3v) is 8.52. The number of carbonyl (C=O) groups is 2. The second-order valence-electron chi connectivity index (χ2n) is 9.13. The fraction of sp³-hybridized carbons (Fsp3) is 0.739. The molecule has 31 heavy (non-hydrogen) atoms. The van der Waals surface area contributed by atoms with Gasteiger partial charge in [-0.15, -0.1) is 11.3 Å². The molecule has 2 N–H and O–H groups in total. The van der Waals surface area contributed by atoms with Gasteiger partial charge in [-0.25, -0.2) is 0 Å². The fourth-order valence-electron chi connectivity index (χ4n) is 5.78. The number of carbonyl (C=O) groups excluding carboxylic acids is 2. The lowest BCUT2D eigenvalue weighted by Gasteiger charge is -2.53. The summed E-state index contributed by atoms with van der Waals surface area (Å²) >= 11 is 1.50. The van der Waals surface area contributed by atoms with Crippen molar-refractivity contribution >= 4 is 23.7 Å². The van der Waals surface area contributed by atoms with Gasteiger partial charge in [-0.2, -0.15) is 0 Å². The molecule has 0 unspecified atom stereocenters. The van der Waals surface area contributed by atoms with Crippen molar-refractivity contribution < 1.29 is 29.0 Å². The first kappa shape index (κ1) is 24.2. The first-order chi connectivity index (χ1) is 15.0. The van der Waals surface area contributed by atoms with E-state index >= 15 is 0 Å². The van der Waals surface area contributed by atoms with E-state index in [-0.39, 0.29) is 17.9 Å². The maximum Gasteiger partial charge on any atom is 0.258 e. The van der Waals surface area contributed by atoms with Crippen molar-refractivity contribution in [3.63, 3.8) is 0 Å². The molecule has 0 radical (unpaired) electrons.